The van der Waals surface area contributed by atoms with Crippen molar-refractivity contribution in [3.8, 4) is 5.75 Å². The molecule has 2 N–H and O–H groups in total. The van der Waals surface area contributed by atoms with E-state index in [9.17, 15) is 0 Å². The summed E-state index contributed by atoms with van der Waals surface area (Å²) in [6, 6.07) is 11.8. The second-order valence-corrected chi connectivity index (χ2v) is 5.19. The lowest BCUT2D eigenvalue weighted by molar-refractivity contribution is 0.203. The van der Waals surface area contributed by atoms with Crippen molar-refractivity contribution < 1.29 is 13.9 Å². The van der Waals surface area contributed by atoms with Crippen molar-refractivity contribution in [2.75, 3.05) is 33.9 Å². The monoisotopic (exact) mass is 459 g/mol. The summed E-state index contributed by atoms with van der Waals surface area (Å²) in [4.78, 5) is 4.61. The van der Waals surface area contributed by atoms with Crippen LogP contribution in [-0.4, -0.2) is 39.9 Å². The molecular formula is C18H26IN3O3. The Labute approximate surface area is 166 Å². The number of aliphatic imine (C=N–C) groups is 1. The van der Waals surface area contributed by atoms with Gasteiger partial charge in [0.05, 0.1) is 26.5 Å². The second kappa shape index (κ2) is 12.6. The minimum Gasteiger partial charge on any atom is -0.497 e. The predicted molar refractivity (Wildman–Crippen MR) is 110 cm³/mol. The molecule has 0 saturated carbocycles. The molecule has 0 bridgehead atoms. The number of halogens is 1. The van der Waals surface area contributed by atoms with E-state index < -0.39 is 0 Å². The lowest BCUT2D eigenvalue weighted by Crippen LogP contribution is -2.40. The van der Waals surface area contributed by atoms with Crippen LogP contribution < -0.4 is 15.4 Å². The first-order valence-corrected chi connectivity index (χ1v) is 7.98. The van der Waals surface area contributed by atoms with E-state index in [1.165, 1.54) is 0 Å². The van der Waals surface area contributed by atoms with Crippen molar-refractivity contribution >= 4 is 29.9 Å². The van der Waals surface area contributed by atoms with Gasteiger partial charge in [-0.2, -0.15) is 0 Å². The van der Waals surface area contributed by atoms with Crippen LogP contribution >= 0.6 is 24.0 Å². The van der Waals surface area contributed by atoms with E-state index in [0.717, 1.165) is 36.0 Å². The van der Waals surface area contributed by atoms with Gasteiger partial charge in [0.2, 0.25) is 0 Å². The highest BCUT2D eigenvalue weighted by atomic mass is 127. The maximum atomic E-state index is 5.33. The van der Waals surface area contributed by atoms with Crippen molar-refractivity contribution in [3.05, 3.63) is 54.0 Å². The Morgan fingerprint density at radius 2 is 1.84 bits per heavy atom. The third kappa shape index (κ3) is 8.26. The number of ether oxygens (including phenoxy) is 2. The largest absolute Gasteiger partial charge is 0.497 e. The van der Waals surface area contributed by atoms with Crippen LogP contribution in [0.1, 0.15) is 11.3 Å². The van der Waals surface area contributed by atoms with Gasteiger partial charge < -0.3 is 24.5 Å². The molecule has 2 rings (SSSR count). The topological polar surface area (TPSA) is 68.0 Å². The molecule has 0 amide bonds. The van der Waals surface area contributed by atoms with Crippen LogP contribution in [0, 0.1) is 0 Å². The number of rotatable bonds is 9. The molecule has 25 heavy (non-hydrogen) atoms. The van der Waals surface area contributed by atoms with Crippen molar-refractivity contribution in [3.63, 3.8) is 0 Å². The molecule has 6 nitrogen and oxygen atoms in total. The summed E-state index contributed by atoms with van der Waals surface area (Å²) in [6.45, 7) is 2.66. The molecule has 0 aliphatic heterocycles. The number of nitrogens with one attached hydrogen (secondary N) is 2. The highest BCUT2D eigenvalue weighted by Crippen LogP contribution is 2.11. The average Bonchev–Trinajstić information content (AvgIpc) is 3.13. The third-order valence-electron chi connectivity index (χ3n) is 3.42. The fourth-order valence-electron chi connectivity index (χ4n) is 2.11. The normalized spacial score (nSPS) is 10.9. The number of hydrogen-bond donors (Lipinski definition) is 2. The zero-order valence-electron chi connectivity index (χ0n) is 14.7. The molecule has 0 radical (unpaired) electrons. The molecule has 7 heteroatoms. The number of furan rings is 1. The van der Waals surface area contributed by atoms with Gasteiger partial charge in [-0.25, -0.2) is 4.99 Å². The molecule has 1 aromatic heterocycles. The minimum absolute atomic E-state index is 0. The summed E-state index contributed by atoms with van der Waals surface area (Å²) in [7, 11) is 3.34. The second-order valence-electron chi connectivity index (χ2n) is 5.19. The molecule has 0 aliphatic carbocycles. The maximum absolute atomic E-state index is 5.33. The number of nitrogens with zero attached hydrogens (tertiary/aromatic N) is 1. The summed E-state index contributed by atoms with van der Waals surface area (Å²) in [5.41, 5.74) is 1.12. The first-order valence-electron chi connectivity index (χ1n) is 7.98. The van der Waals surface area contributed by atoms with E-state index >= 15 is 0 Å². The van der Waals surface area contributed by atoms with Gasteiger partial charge in [0, 0.05) is 26.6 Å². The van der Waals surface area contributed by atoms with Crippen LogP contribution in [0.3, 0.4) is 0 Å². The Morgan fingerprint density at radius 3 is 2.48 bits per heavy atom. The van der Waals surface area contributed by atoms with Gasteiger partial charge in [-0.15, -0.1) is 24.0 Å². The Morgan fingerprint density at radius 1 is 1.08 bits per heavy atom. The summed E-state index contributed by atoms with van der Waals surface area (Å²) >= 11 is 0. The quantitative estimate of drug-likeness (QED) is 0.261. The van der Waals surface area contributed by atoms with Crippen LogP contribution in [0.5, 0.6) is 5.75 Å². The van der Waals surface area contributed by atoms with Gasteiger partial charge in [-0.3, -0.25) is 0 Å². The van der Waals surface area contributed by atoms with Gasteiger partial charge >= 0.3 is 0 Å². The SMILES string of the molecule is COCCNC(=NCc1ccc(OC)cc1)NCCc1ccco1.I. The van der Waals surface area contributed by atoms with Gasteiger partial charge in [-0.1, -0.05) is 12.1 Å². The highest BCUT2D eigenvalue weighted by molar-refractivity contribution is 14.0. The van der Waals surface area contributed by atoms with E-state index in [1.807, 2.05) is 36.4 Å². The van der Waals surface area contributed by atoms with Crippen LogP contribution in [0.2, 0.25) is 0 Å². The molecule has 0 unspecified atom stereocenters. The summed E-state index contributed by atoms with van der Waals surface area (Å²) in [5.74, 6) is 2.56. The molecule has 1 heterocycles. The Bertz CT molecular complexity index is 601. The minimum atomic E-state index is 0. The van der Waals surface area contributed by atoms with E-state index in [4.69, 9.17) is 13.9 Å². The van der Waals surface area contributed by atoms with Crippen molar-refractivity contribution in [2.45, 2.75) is 13.0 Å². The Hall–Kier alpha value is -1.74. The third-order valence-corrected chi connectivity index (χ3v) is 3.42. The maximum Gasteiger partial charge on any atom is 0.191 e. The van der Waals surface area contributed by atoms with Crippen molar-refractivity contribution in [1.82, 2.24) is 10.6 Å². The molecule has 0 fully saturated rings. The lowest BCUT2D eigenvalue weighted by Gasteiger charge is -2.12. The van der Waals surface area contributed by atoms with Gasteiger partial charge in [0.15, 0.2) is 5.96 Å². The van der Waals surface area contributed by atoms with E-state index in [-0.39, 0.29) is 24.0 Å². The zero-order valence-corrected chi connectivity index (χ0v) is 17.0. The standard InChI is InChI=1S/C18H25N3O3.HI/c1-22-13-11-20-18(19-10-9-17-4-3-12-24-17)21-14-15-5-7-16(23-2)8-6-15;/h3-8,12H,9-11,13-14H2,1-2H3,(H2,19,20,21);1H. The summed E-state index contributed by atoms with van der Waals surface area (Å²) in [6.07, 6.45) is 2.49. The van der Waals surface area contributed by atoms with E-state index in [1.54, 1.807) is 20.5 Å². The summed E-state index contributed by atoms with van der Waals surface area (Å²) in [5, 5.41) is 6.56. The molecule has 2 aromatic rings. The predicted octanol–water partition coefficient (Wildman–Crippen LogP) is 2.83. The first kappa shape index (κ1) is 21.3. The van der Waals surface area contributed by atoms with E-state index in [0.29, 0.717) is 19.7 Å². The molecule has 0 atom stereocenters. The molecular weight excluding hydrogens is 433 g/mol. The molecule has 0 saturated heterocycles. The number of guanidine groups is 1. The number of hydrogen-bond acceptors (Lipinski definition) is 4. The molecule has 138 valence electrons. The number of benzene rings is 1. The molecule has 0 spiro atoms. The van der Waals surface area contributed by atoms with Crippen LogP contribution in [0.4, 0.5) is 0 Å². The van der Waals surface area contributed by atoms with Crippen LogP contribution in [0.25, 0.3) is 0 Å². The van der Waals surface area contributed by atoms with Gasteiger partial charge in [0.25, 0.3) is 0 Å². The van der Waals surface area contributed by atoms with Gasteiger partial charge in [0.1, 0.15) is 11.5 Å². The summed E-state index contributed by atoms with van der Waals surface area (Å²) < 4.78 is 15.6. The van der Waals surface area contributed by atoms with Crippen molar-refractivity contribution in [1.29, 1.82) is 0 Å². The smallest absolute Gasteiger partial charge is 0.191 e. The first-order chi connectivity index (χ1) is 11.8. The lowest BCUT2D eigenvalue weighted by atomic mass is 10.2. The fourth-order valence-corrected chi connectivity index (χ4v) is 2.11. The Balaban J connectivity index is 0.00000312. The van der Waals surface area contributed by atoms with Crippen molar-refractivity contribution in [2.24, 2.45) is 4.99 Å². The van der Waals surface area contributed by atoms with Crippen LogP contribution in [-0.2, 0) is 17.7 Å². The molecule has 0 aliphatic rings. The average molecular weight is 459 g/mol. The van der Waals surface area contributed by atoms with Crippen LogP contribution in [0.15, 0.2) is 52.1 Å². The highest BCUT2D eigenvalue weighted by Gasteiger charge is 2.01. The van der Waals surface area contributed by atoms with E-state index in [2.05, 4.69) is 15.6 Å². The van der Waals surface area contributed by atoms with Gasteiger partial charge in [-0.05, 0) is 29.8 Å². The molecule has 1 aromatic carbocycles. The zero-order chi connectivity index (χ0) is 17.0. The Kier molecular flexibility index (Phi) is 10.7. The number of methoxy groups -OCH3 is 2. The fraction of sp³-hybridized carbons (Fsp3) is 0.389.